The van der Waals surface area contributed by atoms with Crippen LogP contribution in [0.5, 0.6) is 0 Å². The molecule has 0 atom stereocenters. The summed E-state index contributed by atoms with van der Waals surface area (Å²) in [5, 5.41) is 2.49. The van der Waals surface area contributed by atoms with E-state index in [4.69, 9.17) is 4.74 Å². The molecule has 108 valence electrons. The molecular formula is C11H16F3N3O2. The van der Waals surface area contributed by atoms with E-state index in [1.807, 2.05) is 6.92 Å². The van der Waals surface area contributed by atoms with Crippen LogP contribution in [0.4, 0.5) is 13.2 Å². The minimum Gasteiger partial charge on any atom is -0.382 e. The first-order valence-corrected chi connectivity index (χ1v) is 5.89. The summed E-state index contributed by atoms with van der Waals surface area (Å²) in [6.45, 7) is 2.88. The lowest BCUT2D eigenvalue weighted by molar-refractivity contribution is -0.140. The third kappa shape index (κ3) is 5.73. The van der Waals surface area contributed by atoms with Gasteiger partial charge in [-0.25, -0.2) is 4.98 Å². The van der Waals surface area contributed by atoms with E-state index < -0.39 is 11.9 Å². The number of hydrogen-bond donors (Lipinski definition) is 2. The highest BCUT2D eigenvalue weighted by Crippen LogP contribution is 2.27. The molecule has 0 fully saturated rings. The molecule has 0 aliphatic carbocycles. The molecule has 0 aliphatic rings. The van der Waals surface area contributed by atoms with Crippen LogP contribution in [0.1, 0.15) is 31.3 Å². The number of imidazole rings is 1. The molecule has 1 rings (SSSR count). The minimum absolute atomic E-state index is 0.0520. The maximum atomic E-state index is 12.3. The van der Waals surface area contributed by atoms with Crippen LogP contribution in [-0.2, 0) is 22.3 Å². The molecule has 2 N–H and O–H groups in total. The fraction of sp³-hybridized carbons (Fsp3) is 0.636. The zero-order valence-corrected chi connectivity index (χ0v) is 10.5. The Bertz CT molecular complexity index is 404. The Morgan fingerprint density at radius 1 is 1.53 bits per heavy atom. The topological polar surface area (TPSA) is 67.0 Å². The third-order valence-corrected chi connectivity index (χ3v) is 2.28. The van der Waals surface area contributed by atoms with Crippen molar-refractivity contribution in [3.05, 3.63) is 17.7 Å². The molecule has 0 bridgehead atoms. The van der Waals surface area contributed by atoms with E-state index in [2.05, 4.69) is 15.3 Å². The largest absolute Gasteiger partial charge is 0.432 e. The van der Waals surface area contributed by atoms with Gasteiger partial charge in [-0.2, -0.15) is 13.2 Å². The third-order valence-electron chi connectivity index (χ3n) is 2.28. The Kier molecular flexibility index (Phi) is 5.81. The van der Waals surface area contributed by atoms with Crippen LogP contribution >= 0.6 is 0 Å². The summed E-state index contributed by atoms with van der Waals surface area (Å²) in [6.07, 6.45) is -2.90. The number of aromatic nitrogens is 2. The van der Waals surface area contributed by atoms with Crippen LogP contribution in [-0.4, -0.2) is 29.1 Å². The summed E-state index contributed by atoms with van der Waals surface area (Å²) in [5.41, 5.74) is -0.923. The molecule has 0 unspecified atom stereocenters. The van der Waals surface area contributed by atoms with Crippen molar-refractivity contribution in [2.45, 2.75) is 32.5 Å². The number of ether oxygens (including phenoxy) is 1. The quantitative estimate of drug-likeness (QED) is 0.749. The molecule has 1 aromatic heterocycles. The lowest BCUT2D eigenvalue weighted by atomic mass is 10.3. The highest BCUT2D eigenvalue weighted by atomic mass is 19.4. The summed E-state index contributed by atoms with van der Waals surface area (Å²) in [5.74, 6) is -0.171. The van der Waals surface area contributed by atoms with Gasteiger partial charge in [-0.1, -0.05) is 0 Å². The average molecular weight is 279 g/mol. The molecule has 19 heavy (non-hydrogen) atoms. The maximum absolute atomic E-state index is 12.3. The lowest BCUT2D eigenvalue weighted by Gasteiger charge is -2.04. The number of rotatable bonds is 7. The predicted molar refractivity (Wildman–Crippen MR) is 61.2 cm³/mol. The van der Waals surface area contributed by atoms with Gasteiger partial charge in [0.25, 0.3) is 0 Å². The maximum Gasteiger partial charge on any atom is 0.432 e. The van der Waals surface area contributed by atoms with Gasteiger partial charge < -0.3 is 15.0 Å². The number of amides is 1. The minimum atomic E-state index is -4.45. The van der Waals surface area contributed by atoms with Crippen LogP contribution in [0.3, 0.4) is 0 Å². The molecule has 1 heterocycles. The molecule has 0 saturated carbocycles. The van der Waals surface area contributed by atoms with Crippen LogP contribution in [0.25, 0.3) is 0 Å². The molecular weight excluding hydrogens is 263 g/mol. The van der Waals surface area contributed by atoms with E-state index in [1.54, 1.807) is 0 Å². The number of halogens is 3. The average Bonchev–Trinajstić information content (AvgIpc) is 2.81. The van der Waals surface area contributed by atoms with E-state index in [1.165, 1.54) is 0 Å². The smallest absolute Gasteiger partial charge is 0.382 e. The predicted octanol–water partition coefficient (Wildman–Crippen LogP) is 1.86. The Labute approximate surface area is 108 Å². The number of nitrogens with zero attached hydrogens (tertiary/aromatic N) is 1. The molecule has 1 aromatic rings. The normalized spacial score (nSPS) is 11.6. The standard InChI is InChI=1S/C11H16F3N3O2/c1-2-19-5-3-4-10(18)16-7-9-15-6-8(17-9)11(12,13)14/h6H,2-5,7H2,1H3,(H,15,17)(H,16,18). The Hall–Kier alpha value is -1.57. The summed E-state index contributed by atoms with van der Waals surface area (Å²) >= 11 is 0. The fourth-order valence-corrected chi connectivity index (χ4v) is 1.35. The van der Waals surface area contributed by atoms with E-state index in [-0.39, 0.29) is 24.7 Å². The molecule has 8 heteroatoms. The van der Waals surface area contributed by atoms with E-state index in [0.29, 0.717) is 25.8 Å². The second-order valence-corrected chi connectivity index (χ2v) is 3.82. The van der Waals surface area contributed by atoms with Gasteiger partial charge in [0, 0.05) is 19.6 Å². The van der Waals surface area contributed by atoms with E-state index in [0.717, 1.165) is 0 Å². The van der Waals surface area contributed by atoms with Crippen molar-refractivity contribution in [2.75, 3.05) is 13.2 Å². The van der Waals surface area contributed by atoms with Crippen LogP contribution in [0, 0.1) is 0 Å². The van der Waals surface area contributed by atoms with Crippen molar-refractivity contribution in [3.8, 4) is 0 Å². The van der Waals surface area contributed by atoms with Crippen LogP contribution < -0.4 is 5.32 Å². The summed E-state index contributed by atoms with van der Waals surface area (Å²) in [4.78, 5) is 17.0. The highest BCUT2D eigenvalue weighted by molar-refractivity contribution is 5.75. The Morgan fingerprint density at radius 2 is 2.26 bits per heavy atom. The monoisotopic (exact) mass is 279 g/mol. The van der Waals surface area contributed by atoms with Gasteiger partial charge in [0.1, 0.15) is 11.5 Å². The van der Waals surface area contributed by atoms with Crippen molar-refractivity contribution in [3.63, 3.8) is 0 Å². The first kappa shape index (κ1) is 15.5. The number of alkyl halides is 3. The van der Waals surface area contributed by atoms with Gasteiger partial charge in [-0.15, -0.1) is 0 Å². The molecule has 1 amide bonds. The van der Waals surface area contributed by atoms with Crippen LogP contribution in [0.2, 0.25) is 0 Å². The number of carbonyl (C=O) groups excluding carboxylic acids is 1. The van der Waals surface area contributed by atoms with Gasteiger partial charge in [0.05, 0.1) is 12.7 Å². The van der Waals surface area contributed by atoms with Gasteiger partial charge in [0.15, 0.2) is 0 Å². The number of nitrogens with one attached hydrogen (secondary N) is 2. The van der Waals surface area contributed by atoms with Crippen molar-refractivity contribution in [1.29, 1.82) is 0 Å². The highest BCUT2D eigenvalue weighted by Gasteiger charge is 2.32. The first-order chi connectivity index (χ1) is 8.93. The van der Waals surface area contributed by atoms with Crippen molar-refractivity contribution in [1.82, 2.24) is 15.3 Å². The number of aromatic amines is 1. The van der Waals surface area contributed by atoms with Crippen molar-refractivity contribution >= 4 is 5.91 Å². The molecule has 0 saturated heterocycles. The Balaban J connectivity index is 2.28. The van der Waals surface area contributed by atoms with Gasteiger partial charge in [0.2, 0.25) is 5.91 Å². The second-order valence-electron chi connectivity index (χ2n) is 3.82. The second kappa shape index (κ2) is 7.13. The summed E-state index contributed by atoms with van der Waals surface area (Å²) in [6, 6.07) is 0. The van der Waals surface area contributed by atoms with Crippen LogP contribution in [0.15, 0.2) is 6.20 Å². The molecule has 0 aromatic carbocycles. The van der Waals surface area contributed by atoms with Crippen molar-refractivity contribution in [2.24, 2.45) is 0 Å². The summed E-state index contributed by atoms with van der Waals surface area (Å²) in [7, 11) is 0. The molecule has 0 spiro atoms. The Morgan fingerprint density at radius 3 is 2.84 bits per heavy atom. The fourth-order valence-electron chi connectivity index (χ4n) is 1.35. The zero-order valence-electron chi connectivity index (χ0n) is 10.5. The number of carbonyl (C=O) groups is 1. The van der Waals surface area contributed by atoms with Gasteiger partial charge >= 0.3 is 6.18 Å². The zero-order chi connectivity index (χ0) is 14.3. The molecule has 0 aliphatic heterocycles. The van der Waals surface area contributed by atoms with Gasteiger partial charge in [-0.3, -0.25) is 4.79 Å². The number of H-pyrrole nitrogens is 1. The first-order valence-electron chi connectivity index (χ1n) is 5.89. The SMILES string of the molecule is CCOCCCC(=O)NCc1ncc(C(F)(F)F)[nH]1. The molecule has 5 nitrogen and oxygen atoms in total. The van der Waals surface area contributed by atoms with E-state index >= 15 is 0 Å². The number of hydrogen-bond acceptors (Lipinski definition) is 3. The summed E-state index contributed by atoms with van der Waals surface area (Å²) < 4.78 is 41.9. The van der Waals surface area contributed by atoms with E-state index in [9.17, 15) is 18.0 Å². The van der Waals surface area contributed by atoms with Gasteiger partial charge in [-0.05, 0) is 13.3 Å². The van der Waals surface area contributed by atoms with Crippen molar-refractivity contribution < 1.29 is 22.7 Å². The lowest BCUT2D eigenvalue weighted by Crippen LogP contribution is -2.23. The molecule has 0 radical (unpaired) electrons.